The average molecular weight is 392 g/mol. The molecule has 0 saturated carbocycles. The highest BCUT2D eigenvalue weighted by Crippen LogP contribution is 2.29. The Morgan fingerprint density at radius 1 is 0.963 bits per heavy atom. The average Bonchev–Trinajstić information content (AvgIpc) is 2.88. The fraction of sp³-hybridized carbons (Fsp3) is 0.350. The van der Waals surface area contributed by atoms with Crippen LogP contribution in [0.1, 0.15) is 18.1 Å². The van der Waals surface area contributed by atoms with Crippen LogP contribution in [0.5, 0.6) is 11.5 Å². The van der Waals surface area contributed by atoms with E-state index in [1.54, 1.807) is 30.3 Å². The molecule has 0 unspecified atom stereocenters. The fourth-order valence-corrected chi connectivity index (χ4v) is 3.01. The van der Waals surface area contributed by atoms with Gasteiger partial charge >= 0.3 is 5.69 Å². The van der Waals surface area contributed by atoms with Gasteiger partial charge in [-0.15, -0.1) is 12.4 Å². The van der Waals surface area contributed by atoms with Gasteiger partial charge in [-0.3, -0.25) is 9.13 Å². The third kappa shape index (κ3) is 4.28. The first kappa shape index (κ1) is 20.9. The van der Waals surface area contributed by atoms with Gasteiger partial charge in [0.15, 0.2) is 11.5 Å². The lowest BCUT2D eigenvalue weighted by atomic mass is 10.2. The normalized spacial score (nSPS) is 10.7. The molecule has 0 atom stereocenters. The van der Waals surface area contributed by atoms with Crippen molar-refractivity contribution >= 4 is 23.4 Å². The zero-order valence-electron chi connectivity index (χ0n) is 16.1. The molecule has 0 amide bonds. The van der Waals surface area contributed by atoms with E-state index in [2.05, 4.69) is 12.2 Å². The first-order valence-electron chi connectivity index (χ1n) is 8.70. The Morgan fingerprint density at radius 3 is 2.37 bits per heavy atom. The quantitative estimate of drug-likeness (QED) is 0.672. The van der Waals surface area contributed by atoms with Crippen LogP contribution in [-0.4, -0.2) is 22.8 Å². The van der Waals surface area contributed by atoms with Crippen molar-refractivity contribution in [1.29, 1.82) is 0 Å². The molecular weight excluding hydrogens is 366 g/mol. The topological polar surface area (TPSA) is 57.4 Å². The Kier molecular flexibility index (Phi) is 6.93. The van der Waals surface area contributed by atoms with Gasteiger partial charge in [0.1, 0.15) is 6.61 Å². The van der Waals surface area contributed by atoms with E-state index in [1.807, 2.05) is 36.4 Å². The van der Waals surface area contributed by atoms with Gasteiger partial charge in [-0.2, -0.15) is 0 Å². The van der Waals surface area contributed by atoms with Crippen LogP contribution in [0.2, 0.25) is 0 Å². The summed E-state index contributed by atoms with van der Waals surface area (Å²) >= 11 is 0. The van der Waals surface area contributed by atoms with Crippen molar-refractivity contribution in [3.8, 4) is 11.5 Å². The van der Waals surface area contributed by atoms with E-state index in [1.165, 1.54) is 0 Å². The molecule has 0 saturated heterocycles. The minimum atomic E-state index is -0.0315. The monoisotopic (exact) mass is 391 g/mol. The van der Waals surface area contributed by atoms with Crippen molar-refractivity contribution in [3.63, 3.8) is 0 Å². The maximum absolute atomic E-state index is 12.0. The van der Waals surface area contributed by atoms with Crippen molar-refractivity contribution < 1.29 is 9.47 Å². The molecule has 0 aliphatic carbocycles. The van der Waals surface area contributed by atoms with Crippen molar-refractivity contribution in [3.05, 3.63) is 58.0 Å². The summed E-state index contributed by atoms with van der Waals surface area (Å²) in [6.45, 7) is 4.20. The molecule has 3 rings (SSSR count). The number of benzene rings is 2. The van der Waals surface area contributed by atoms with Crippen LogP contribution in [0.3, 0.4) is 0 Å². The van der Waals surface area contributed by atoms with E-state index in [0.29, 0.717) is 18.1 Å². The van der Waals surface area contributed by atoms with E-state index < -0.39 is 0 Å². The van der Waals surface area contributed by atoms with Gasteiger partial charge in [-0.1, -0.05) is 19.1 Å². The molecule has 1 N–H and O–H groups in total. The number of rotatable bonds is 7. The van der Waals surface area contributed by atoms with Gasteiger partial charge in [-0.05, 0) is 41.9 Å². The molecule has 0 bridgehead atoms. The van der Waals surface area contributed by atoms with E-state index in [4.69, 9.17) is 9.47 Å². The second-order valence-corrected chi connectivity index (χ2v) is 6.28. The van der Waals surface area contributed by atoms with Crippen LogP contribution in [0.4, 0.5) is 0 Å². The van der Waals surface area contributed by atoms with E-state index in [0.717, 1.165) is 35.2 Å². The summed E-state index contributed by atoms with van der Waals surface area (Å²) in [5, 5.41) is 3.30. The number of hydrogen-bond donors (Lipinski definition) is 1. The summed E-state index contributed by atoms with van der Waals surface area (Å²) in [6, 6.07) is 11.9. The largest absolute Gasteiger partial charge is 0.493 e. The van der Waals surface area contributed by atoms with Gasteiger partial charge in [0.25, 0.3) is 0 Å². The number of fused-ring (bicyclic) bond motifs is 1. The number of imidazole rings is 1. The first-order valence-corrected chi connectivity index (χ1v) is 8.70. The summed E-state index contributed by atoms with van der Waals surface area (Å²) in [7, 11) is 5.20. The molecule has 0 spiro atoms. The van der Waals surface area contributed by atoms with Gasteiger partial charge in [0.05, 0.1) is 18.1 Å². The summed E-state index contributed by atoms with van der Waals surface area (Å²) in [5.41, 5.74) is 3.92. The van der Waals surface area contributed by atoms with Gasteiger partial charge in [-0.25, -0.2) is 4.79 Å². The molecule has 1 heterocycles. The molecule has 7 heteroatoms. The molecule has 27 heavy (non-hydrogen) atoms. The fourth-order valence-electron chi connectivity index (χ4n) is 3.01. The molecule has 0 radical (unpaired) electrons. The number of methoxy groups -OCH3 is 1. The minimum Gasteiger partial charge on any atom is -0.493 e. The lowest BCUT2D eigenvalue weighted by Gasteiger charge is -2.13. The zero-order chi connectivity index (χ0) is 18.7. The van der Waals surface area contributed by atoms with Crippen molar-refractivity contribution in [2.24, 2.45) is 14.1 Å². The second-order valence-electron chi connectivity index (χ2n) is 6.28. The third-order valence-corrected chi connectivity index (χ3v) is 4.54. The van der Waals surface area contributed by atoms with E-state index >= 15 is 0 Å². The Balaban J connectivity index is 0.00000261. The highest BCUT2D eigenvalue weighted by atomic mass is 35.5. The predicted molar refractivity (Wildman–Crippen MR) is 110 cm³/mol. The van der Waals surface area contributed by atoms with Gasteiger partial charge < -0.3 is 14.8 Å². The molecule has 3 aromatic rings. The van der Waals surface area contributed by atoms with Crippen molar-refractivity contribution in [1.82, 2.24) is 14.5 Å². The van der Waals surface area contributed by atoms with Crippen LogP contribution < -0.4 is 20.5 Å². The molecule has 146 valence electrons. The molecule has 0 aliphatic heterocycles. The standard InChI is InChI=1S/C20H25N3O3.ClH/c1-5-21-12-14-7-9-18(19(11-14)25-4)26-13-15-6-8-16-17(10-15)23(3)20(24)22(16)2;/h6-11,21H,5,12-13H2,1-4H3;1H. The Hall–Kier alpha value is -2.44. The number of aryl methyl sites for hydroxylation is 2. The molecule has 0 aliphatic rings. The number of ether oxygens (including phenoxy) is 2. The molecule has 1 aromatic heterocycles. The lowest BCUT2D eigenvalue weighted by molar-refractivity contribution is 0.284. The highest BCUT2D eigenvalue weighted by Gasteiger charge is 2.10. The van der Waals surface area contributed by atoms with E-state index in [9.17, 15) is 4.79 Å². The molecule has 0 fully saturated rings. The minimum absolute atomic E-state index is 0. The van der Waals surface area contributed by atoms with Crippen LogP contribution >= 0.6 is 12.4 Å². The molecular formula is C20H26ClN3O3. The predicted octanol–water partition coefficient (Wildman–Crippen LogP) is 3.00. The first-order chi connectivity index (χ1) is 12.5. The number of nitrogens with zero attached hydrogens (tertiary/aromatic N) is 2. The maximum atomic E-state index is 12.0. The van der Waals surface area contributed by atoms with Crippen molar-refractivity contribution in [2.45, 2.75) is 20.1 Å². The number of aromatic nitrogens is 2. The molecule has 2 aromatic carbocycles. The highest BCUT2D eigenvalue weighted by molar-refractivity contribution is 5.85. The SMILES string of the molecule is CCNCc1ccc(OCc2ccc3c(c2)n(C)c(=O)n3C)c(OC)c1.Cl. The summed E-state index contributed by atoms with van der Waals surface area (Å²) in [4.78, 5) is 12.0. The van der Waals surface area contributed by atoms with Gasteiger partial charge in [0.2, 0.25) is 0 Å². The summed E-state index contributed by atoms with van der Waals surface area (Å²) < 4.78 is 14.7. The summed E-state index contributed by atoms with van der Waals surface area (Å²) in [5.74, 6) is 1.42. The van der Waals surface area contributed by atoms with Crippen LogP contribution in [0.15, 0.2) is 41.2 Å². The van der Waals surface area contributed by atoms with Gasteiger partial charge in [0, 0.05) is 20.6 Å². The Labute approximate surface area is 165 Å². The number of nitrogens with one attached hydrogen (secondary N) is 1. The number of hydrogen-bond acceptors (Lipinski definition) is 4. The lowest BCUT2D eigenvalue weighted by Crippen LogP contribution is -2.19. The maximum Gasteiger partial charge on any atom is 0.328 e. The zero-order valence-corrected chi connectivity index (χ0v) is 16.9. The summed E-state index contributed by atoms with van der Waals surface area (Å²) in [6.07, 6.45) is 0. The van der Waals surface area contributed by atoms with Crippen LogP contribution in [0.25, 0.3) is 11.0 Å². The Bertz CT molecular complexity index is 978. The number of halogens is 1. The second kappa shape index (κ2) is 8.97. The molecule has 6 nitrogen and oxygen atoms in total. The van der Waals surface area contributed by atoms with E-state index in [-0.39, 0.29) is 18.1 Å². The Morgan fingerprint density at radius 2 is 1.67 bits per heavy atom. The van der Waals surface area contributed by atoms with Crippen LogP contribution in [0, 0.1) is 0 Å². The third-order valence-electron chi connectivity index (χ3n) is 4.54. The van der Waals surface area contributed by atoms with Crippen molar-refractivity contribution in [2.75, 3.05) is 13.7 Å². The smallest absolute Gasteiger partial charge is 0.328 e. The van der Waals surface area contributed by atoms with Crippen LogP contribution in [-0.2, 0) is 27.2 Å².